The van der Waals surface area contributed by atoms with Crippen molar-refractivity contribution >= 4 is 17.7 Å². The number of aliphatic hydroxyl groups is 1. The number of ketones is 1. The Kier molecular flexibility index (Phi) is 3.46. The van der Waals surface area contributed by atoms with Gasteiger partial charge < -0.3 is 15.2 Å². The minimum atomic E-state index is -1.51. The predicted octanol–water partition coefficient (Wildman–Crippen LogP) is -0.0512. The molecule has 0 unspecified atom stereocenters. The van der Waals surface area contributed by atoms with Crippen molar-refractivity contribution in [2.75, 3.05) is 0 Å². The lowest BCUT2D eigenvalue weighted by molar-refractivity contribution is -0.164. The summed E-state index contributed by atoms with van der Waals surface area (Å²) in [5.74, 6) is -2.30. The number of carbonyl (C=O) groups is 3. The Bertz CT molecular complexity index is 508. The first kappa shape index (κ1) is 14.7. The van der Waals surface area contributed by atoms with E-state index < -0.39 is 35.6 Å². The number of esters is 1. The van der Waals surface area contributed by atoms with E-state index in [2.05, 4.69) is 5.32 Å². The molecular formula is C14H19NO5. The van der Waals surface area contributed by atoms with Gasteiger partial charge in [0.25, 0.3) is 0 Å². The van der Waals surface area contributed by atoms with E-state index in [9.17, 15) is 19.5 Å². The van der Waals surface area contributed by atoms with Crippen LogP contribution in [0.15, 0.2) is 11.6 Å². The molecule has 2 N–H and O–H groups in total. The Morgan fingerprint density at radius 3 is 2.45 bits per heavy atom. The number of fused-ring (bicyclic) bond motifs is 1. The lowest BCUT2D eigenvalue weighted by Crippen LogP contribution is -2.50. The fourth-order valence-corrected chi connectivity index (χ4v) is 3.58. The van der Waals surface area contributed by atoms with E-state index >= 15 is 0 Å². The number of allylic oxidation sites excluding steroid dienone is 1. The molecule has 2 aliphatic rings. The minimum Gasteiger partial charge on any atom is -0.457 e. The van der Waals surface area contributed by atoms with E-state index in [1.165, 1.54) is 20.8 Å². The quantitative estimate of drug-likeness (QED) is 0.547. The van der Waals surface area contributed by atoms with Gasteiger partial charge in [-0.1, -0.05) is 6.08 Å². The van der Waals surface area contributed by atoms with Crippen LogP contribution < -0.4 is 5.32 Å². The highest BCUT2D eigenvalue weighted by molar-refractivity contribution is 5.99. The number of Topliss-reactive ketones (excluding diaryl/α,β-unsaturated/α-hetero) is 1. The highest BCUT2D eigenvalue weighted by Gasteiger charge is 2.65. The van der Waals surface area contributed by atoms with Crippen LogP contribution in [0.25, 0.3) is 0 Å². The van der Waals surface area contributed by atoms with Gasteiger partial charge in [0.2, 0.25) is 5.91 Å². The zero-order valence-corrected chi connectivity index (χ0v) is 12.0. The molecule has 1 saturated heterocycles. The molecule has 110 valence electrons. The van der Waals surface area contributed by atoms with Gasteiger partial charge in [-0.2, -0.15) is 0 Å². The van der Waals surface area contributed by atoms with Gasteiger partial charge in [0.1, 0.15) is 11.4 Å². The molecule has 0 spiro atoms. The van der Waals surface area contributed by atoms with Gasteiger partial charge in [0.05, 0.1) is 12.0 Å². The predicted molar refractivity (Wildman–Crippen MR) is 69.5 cm³/mol. The second-order valence-electron chi connectivity index (χ2n) is 5.61. The molecule has 2 rings (SSSR count). The highest BCUT2D eigenvalue weighted by Crippen LogP contribution is 2.48. The number of hydrogen-bond donors (Lipinski definition) is 2. The monoisotopic (exact) mass is 281 g/mol. The third kappa shape index (κ3) is 1.95. The summed E-state index contributed by atoms with van der Waals surface area (Å²) in [6.45, 7) is 5.80. The first-order valence-electron chi connectivity index (χ1n) is 6.59. The number of amides is 1. The van der Waals surface area contributed by atoms with Crippen molar-refractivity contribution in [3.63, 3.8) is 0 Å². The van der Waals surface area contributed by atoms with Crippen LogP contribution in [0.5, 0.6) is 0 Å². The van der Waals surface area contributed by atoms with E-state index in [-0.39, 0.29) is 11.7 Å². The molecule has 1 saturated carbocycles. The third-order valence-corrected chi connectivity index (χ3v) is 4.24. The summed E-state index contributed by atoms with van der Waals surface area (Å²) in [6, 6.07) is -0.568. The Morgan fingerprint density at radius 2 is 2.00 bits per heavy atom. The summed E-state index contributed by atoms with van der Waals surface area (Å²) in [5.41, 5.74) is -1.04. The highest BCUT2D eigenvalue weighted by atomic mass is 16.6. The first-order chi connectivity index (χ1) is 9.21. The summed E-state index contributed by atoms with van der Waals surface area (Å²) in [6.07, 6.45) is 0.711. The topological polar surface area (TPSA) is 92.7 Å². The maximum atomic E-state index is 11.9. The molecule has 1 aliphatic carbocycles. The van der Waals surface area contributed by atoms with Gasteiger partial charge in [0, 0.05) is 18.4 Å². The van der Waals surface area contributed by atoms with Crippen LogP contribution in [0, 0.1) is 11.8 Å². The molecule has 0 aromatic carbocycles. The fourth-order valence-electron chi connectivity index (χ4n) is 3.58. The van der Waals surface area contributed by atoms with Crippen molar-refractivity contribution in [2.45, 2.75) is 45.4 Å². The molecule has 1 amide bonds. The Labute approximate surface area is 117 Å². The SMILES string of the molecule is C/C=C1/C(=O)N[C@H]2[C@H]1[C@H](C(C)=O)[C@@](C)(O)[C@H]2OC(C)=O. The van der Waals surface area contributed by atoms with Gasteiger partial charge in [0.15, 0.2) is 6.10 Å². The summed E-state index contributed by atoms with van der Waals surface area (Å²) < 4.78 is 5.18. The van der Waals surface area contributed by atoms with Crippen LogP contribution in [0.2, 0.25) is 0 Å². The van der Waals surface area contributed by atoms with Crippen LogP contribution >= 0.6 is 0 Å². The number of ether oxygens (including phenoxy) is 1. The molecule has 0 aromatic heterocycles. The van der Waals surface area contributed by atoms with Crippen molar-refractivity contribution in [1.82, 2.24) is 5.32 Å². The molecule has 20 heavy (non-hydrogen) atoms. The molecule has 0 bridgehead atoms. The molecule has 1 heterocycles. The fraction of sp³-hybridized carbons (Fsp3) is 0.643. The lowest BCUT2D eigenvalue weighted by atomic mass is 9.80. The van der Waals surface area contributed by atoms with E-state index in [1.807, 2.05) is 0 Å². The van der Waals surface area contributed by atoms with Crippen LogP contribution in [0.4, 0.5) is 0 Å². The van der Waals surface area contributed by atoms with Gasteiger partial charge in [-0.15, -0.1) is 0 Å². The molecule has 6 heteroatoms. The van der Waals surface area contributed by atoms with Crippen LogP contribution in [0.1, 0.15) is 27.7 Å². The average molecular weight is 281 g/mol. The van der Waals surface area contributed by atoms with Crippen molar-refractivity contribution in [2.24, 2.45) is 11.8 Å². The maximum Gasteiger partial charge on any atom is 0.303 e. The van der Waals surface area contributed by atoms with Crippen molar-refractivity contribution < 1.29 is 24.2 Å². The van der Waals surface area contributed by atoms with Crippen molar-refractivity contribution in [3.8, 4) is 0 Å². The number of carbonyl (C=O) groups excluding carboxylic acids is 3. The second-order valence-corrected chi connectivity index (χ2v) is 5.61. The molecule has 0 radical (unpaired) electrons. The third-order valence-electron chi connectivity index (χ3n) is 4.24. The number of rotatable bonds is 2. The van der Waals surface area contributed by atoms with Crippen LogP contribution in [-0.2, 0) is 19.1 Å². The van der Waals surface area contributed by atoms with E-state index in [0.29, 0.717) is 5.57 Å². The minimum absolute atomic E-state index is 0.226. The molecule has 5 atom stereocenters. The van der Waals surface area contributed by atoms with Crippen LogP contribution in [0.3, 0.4) is 0 Å². The van der Waals surface area contributed by atoms with Gasteiger partial charge >= 0.3 is 5.97 Å². The summed E-state index contributed by atoms with van der Waals surface area (Å²) in [5, 5.41) is 13.4. The molecule has 2 fully saturated rings. The summed E-state index contributed by atoms with van der Waals surface area (Å²) in [4.78, 5) is 35.1. The summed E-state index contributed by atoms with van der Waals surface area (Å²) >= 11 is 0. The molecule has 6 nitrogen and oxygen atoms in total. The smallest absolute Gasteiger partial charge is 0.303 e. The van der Waals surface area contributed by atoms with Gasteiger partial charge in [-0.25, -0.2) is 0 Å². The number of nitrogens with one attached hydrogen (secondary N) is 1. The molecular weight excluding hydrogens is 262 g/mol. The standard InChI is InChI=1S/C14H19NO5/c1-5-8-9-10(6(2)16)14(4,19)12(20-7(3)17)11(9)15-13(8)18/h5,9-12,19H,1-4H3,(H,15,18)/b8-5+/t9-,10+,11+,12+,14-/m1/s1. The van der Waals surface area contributed by atoms with Gasteiger partial charge in [-0.3, -0.25) is 14.4 Å². The van der Waals surface area contributed by atoms with E-state index in [4.69, 9.17) is 4.74 Å². The average Bonchev–Trinajstić information content (AvgIpc) is 2.70. The number of hydrogen-bond acceptors (Lipinski definition) is 5. The van der Waals surface area contributed by atoms with Crippen molar-refractivity contribution in [1.29, 1.82) is 0 Å². The van der Waals surface area contributed by atoms with Gasteiger partial charge in [-0.05, 0) is 20.8 Å². The second kappa shape index (κ2) is 4.70. The van der Waals surface area contributed by atoms with E-state index in [1.54, 1.807) is 13.0 Å². The van der Waals surface area contributed by atoms with Crippen molar-refractivity contribution in [3.05, 3.63) is 11.6 Å². The Hall–Kier alpha value is -1.69. The molecule has 1 aliphatic heterocycles. The maximum absolute atomic E-state index is 11.9. The normalized spacial score (nSPS) is 41.5. The largest absolute Gasteiger partial charge is 0.457 e. The first-order valence-corrected chi connectivity index (χ1v) is 6.59. The Balaban J connectivity index is 2.50. The molecule has 0 aromatic rings. The lowest BCUT2D eigenvalue weighted by Gasteiger charge is -2.31. The summed E-state index contributed by atoms with van der Waals surface area (Å²) in [7, 11) is 0. The Morgan fingerprint density at radius 1 is 1.40 bits per heavy atom. The zero-order chi connectivity index (χ0) is 15.2. The zero-order valence-electron chi connectivity index (χ0n) is 12.0. The van der Waals surface area contributed by atoms with E-state index in [0.717, 1.165) is 0 Å². The van der Waals surface area contributed by atoms with Crippen LogP contribution in [-0.4, -0.2) is 40.5 Å².